The van der Waals surface area contributed by atoms with E-state index < -0.39 is 0 Å². The summed E-state index contributed by atoms with van der Waals surface area (Å²) in [5, 5.41) is 2.02. The van der Waals surface area contributed by atoms with Crippen LogP contribution in [0.25, 0.3) is 49.9 Å². The fourth-order valence-corrected chi connectivity index (χ4v) is 8.93. The molecule has 0 aliphatic heterocycles. The predicted molar refractivity (Wildman–Crippen MR) is 252 cm³/mol. The van der Waals surface area contributed by atoms with Crippen LogP contribution in [-0.2, 0) is 5.41 Å². The number of anilines is 3. The van der Waals surface area contributed by atoms with Gasteiger partial charge in [-0.3, -0.25) is 0 Å². The lowest BCUT2D eigenvalue weighted by molar-refractivity contribution is 0.660. The lowest BCUT2D eigenvalue weighted by Gasteiger charge is -2.32. The van der Waals surface area contributed by atoms with Crippen LogP contribution in [-0.4, -0.2) is 11.5 Å². The number of rotatable bonds is 8. The van der Waals surface area contributed by atoms with Crippen molar-refractivity contribution in [2.75, 3.05) is 4.90 Å². The van der Waals surface area contributed by atoms with E-state index in [-0.39, 0.29) is 5.41 Å². The van der Waals surface area contributed by atoms with Gasteiger partial charge in [0.15, 0.2) is 5.84 Å². The minimum Gasteiger partial charge on any atom is -0.456 e. The molecule has 1 heterocycles. The van der Waals surface area contributed by atoms with Gasteiger partial charge in [-0.25, -0.2) is 9.98 Å². The quantitative estimate of drug-likeness (QED) is 0.114. The molecule has 1 aromatic heterocycles. The van der Waals surface area contributed by atoms with E-state index in [1.165, 1.54) is 27.8 Å². The molecule has 1 aliphatic carbocycles. The van der Waals surface area contributed by atoms with Crippen molar-refractivity contribution in [3.8, 4) is 22.3 Å². The molecular formula is C56H43N3O. The Morgan fingerprint density at radius 2 is 1.18 bits per heavy atom. The molecule has 0 saturated carbocycles. The second-order valence-corrected chi connectivity index (χ2v) is 15.9. The van der Waals surface area contributed by atoms with Crippen LogP contribution in [0, 0.1) is 0 Å². The van der Waals surface area contributed by atoms with Gasteiger partial charge in [0.25, 0.3) is 0 Å². The first kappa shape index (κ1) is 36.8. The number of benzene rings is 8. The maximum atomic E-state index is 6.61. The number of fused-ring (bicyclic) bond motifs is 6. The summed E-state index contributed by atoms with van der Waals surface area (Å²) < 4.78 is 6.61. The summed E-state index contributed by atoms with van der Waals surface area (Å²) in [6, 6.07) is 68.0. The van der Waals surface area contributed by atoms with Gasteiger partial charge in [-0.15, -0.1) is 0 Å². The standard InChI is InChI=1S/C56H43N3O/c1-37(39-19-8-5-9-20-39)57-55(41-23-12-7-13-24-41)58-38(2)45-28-18-32-52-53(45)48-36-44(33-34-51(48)60-52)59(43-26-16-25-42(35-43)40-21-10-6-11-22-40)50-31-17-29-47-46-27-14-15-30-49(46)56(3,4)54(47)50/h5-36H,1H2,2-4H3. The van der Waals surface area contributed by atoms with Crippen LogP contribution in [0.5, 0.6) is 0 Å². The molecule has 4 heteroatoms. The van der Waals surface area contributed by atoms with Gasteiger partial charge in [0.1, 0.15) is 11.2 Å². The second-order valence-electron chi connectivity index (χ2n) is 15.9. The van der Waals surface area contributed by atoms with Crippen molar-refractivity contribution in [3.05, 3.63) is 229 Å². The van der Waals surface area contributed by atoms with E-state index in [1.54, 1.807) is 0 Å². The van der Waals surface area contributed by atoms with Crippen LogP contribution < -0.4 is 4.90 Å². The van der Waals surface area contributed by atoms with Crippen LogP contribution in [0.1, 0.15) is 48.6 Å². The molecule has 0 bridgehead atoms. The van der Waals surface area contributed by atoms with Gasteiger partial charge < -0.3 is 9.32 Å². The van der Waals surface area contributed by atoms with Crippen molar-refractivity contribution >= 4 is 56.2 Å². The van der Waals surface area contributed by atoms with Gasteiger partial charge in [-0.1, -0.05) is 172 Å². The summed E-state index contributed by atoms with van der Waals surface area (Å²) in [5.74, 6) is 0.596. The number of nitrogens with zero attached hydrogens (tertiary/aromatic N) is 3. The summed E-state index contributed by atoms with van der Waals surface area (Å²) >= 11 is 0. The largest absolute Gasteiger partial charge is 0.456 e. The zero-order valence-corrected chi connectivity index (χ0v) is 33.9. The van der Waals surface area contributed by atoms with Crippen LogP contribution in [0.15, 0.2) is 215 Å². The third kappa shape index (κ3) is 6.43. The van der Waals surface area contributed by atoms with E-state index in [9.17, 15) is 0 Å². The highest BCUT2D eigenvalue weighted by molar-refractivity contribution is 6.21. The van der Waals surface area contributed by atoms with Gasteiger partial charge in [0, 0.05) is 44.4 Å². The molecule has 288 valence electrons. The van der Waals surface area contributed by atoms with Crippen molar-refractivity contribution in [2.24, 2.45) is 9.98 Å². The van der Waals surface area contributed by atoms with Crippen LogP contribution in [0.2, 0.25) is 0 Å². The number of hydrogen-bond donors (Lipinski definition) is 0. The maximum Gasteiger partial charge on any atom is 0.160 e. The molecule has 0 spiro atoms. The van der Waals surface area contributed by atoms with Gasteiger partial charge in [0.05, 0.1) is 11.4 Å². The average Bonchev–Trinajstić information content (AvgIpc) is 3.79. The monoisotopic (exact) mass is 773 g/mol. The normalized spacial score (nSPS) is 13.3. The van der Waals surface area contributed by atoms with Gasteiger partial charge in [-0.2, -0.15) is 0 Å². The van der Waals surface area contributed by atoms with Gasteiger partial charge in [0.2, 0.25) is 0 Å². The Morgan fingerprint density at radius 1 is 0.550 bits per heavy atom. The fourth-order valence-electron chi connectivity index (χ4n) is 8.93. The van der Waals surface area contributed by atoms with Crippen molar-refractivity contribution in [3.63, 3.8) is 0 Å². The highest BCUT2D eigenvalue weighted by Gasteiger charge is 2.38. The van der Waals surface area contributed by atoms with E-state index >= 15 is 0 Å². The second kappa shape index (κ2) is 15.0. The van der Waals surface area contributed by atoms with E-state index in [2.05, 4.69) is 154 Å². The van der Waals surface area contributed by atoms with Crippen molar-refractivity contribution < 1.29 is 4.42 Å². The van der Waals surface area contributed by atoms with Crippen molar-refractivity contribution in [1.29, 1.82) is 0 Å². The fraction of sp³-hybridized carbons (Fsp3) is 0.0714. The van der Waals surface area contributed by atoms with Crippen LogP contribution >= 0.6 is 0 Å². The summed E-state index contributed by atoms with van der Waals surface area (Å²) in [6.45, 7) is 11.1. The molecule has 0 amide bonds. The molecular weight excluding hydrogens is 731 g/mol. The summed E-state index contributed by atoms with van der Waals surface area (Å²) in [5.41, 5.74) is 16.5. The lowest BCUT2D eigenvalue weighted by atomic mass is 9.81. The Kier molecular flexibility index (Phi) is 9.18. The van der Waals surface area contributed by atoms with Gasteiger partial charge in [-0.05, 0) is 88.3 Å². The molecule has 0 N–H and O–H groups in total. The average molecular weight is 774 g/mol. The first-order valence-electron chi connectivity index (χ1n) is 20.4. The van der Waals surface area contributed by atoms with E-state index in [4.69, 9.17) is 14.4 Å². The predicted octanol–water partition coefficient (Wildman–Crippen LogP) is 15.0. The smallest absolute Gasteiger partial charge is 0.160 e. The molecule has 0 unspecified atom stereocenters. The van der Waals surface area contributed by atoms with E-state index in [0.717, 1.165) is 67.0 Å². The highest BCUT2D eigenvalue weighted by Crippen LogP contribution is 2.54. The Morgan fingerprint density at radius 3 is 1.97 bits per heavy atom. The zero-order chi connectivity index (χ0) is 40.8. The first-order chi connectivity index (χ1) is 29.3. The number of hydrogen-bond acceptors (Lipinski definition) is 3. The minimum absolute atomic E-state index is 0.227. The molecule has 0 radical (unpaired) electrons. The molecule has 9 aromatic rings. The van der Waals surface area contributed by atoms with Crippen molar-refractivity contribution in [2.45, 2.75) is 26.2 Å². The Bertz CT molecular complexity index is 3140. The maximum absolute atomic E-state index is 6.61. The van der Waals surface area contributed by atoms with E-state index in [1.807, 2.05) is 72.8 Å². The molecule has 4 nitrogen and oxygen atoms in total. The molecule has 0 saturated heterocycles. The van der Waals surface area contributed by atoms with Crippen LogP contribution in [0.3, 0.4) is 0 Å². The van der Waals surface area contributed by atoms with Gasteiger partial charge >= 0.3 is 0 Å². The van der Waals surface area contributed by atoms with Crippen molar-refractivity contribution in [1.82, 2.24) is 0 Å². The molecule has 1 aliphatic rings. The molecule has 0 fully saturated rings. The SMILES string of the molecule is C=C(N=C(N=C(C)c1cccc2oc3ccc(N(c4cccc(-c5ccccc5)c4)c4cccc5c4C(C)(C)c4ccccc4-5)cc3c12)c1ccccc1)c1ccccc1. The number of furan rings is 1. The van der Waals surface area contributed by atoms with E-state index in [0.29, 0.717) is 11.5 Å². The Balaban J connectivity index is 1.16. The molecule has 10 rings (SSSR count). The Hall–Kier alpha value is -7.56. The zero-order valence-electron chi connectivity index (χ0n) is 33.9. The topological polar surface area (TPSA) is 41.1 Å². The summed E-state index contributed by atoms with van der Waals surface area (Å²) in [4.78, 5) is 12.7. The summed E-state index contributed by atoms with van der Waals surface area (Å²) in [6.07, 6.45) is 0. The number of amidine groups is 1. The molecule has 8 aromatic carbocycles. The third-order valence-corrected chi connectivity index (χ3v) is 11.8. The molecule has 60 heavy (non-hydrogen) atoms. The third-order valence-electron chi connectivity index (χ3n) is 11.8. The minimum atomic E-state index is -0.227. The molecule has 0 atom stereocenters. The number of aliphatic imine (C=N–C) groups is 2. The first-order valence-corrected chi connectivity index (χ1v) is 20.4. The summed E-state index contributed by atoms with van der Waals surface area (Å²) in [7, 11) is 0. The Labute approximate surface area is 351 Å². The lowest BCUT2D eigenvalue weighted by Crippen LogP contribution is -2.20. The highest BCUT2D eigenvalue weighted by atomic mass is 16.3. The van der Waals surface area contributed by atoms with Crippen LogP contribution in [0.4, 0.5) is 17.1 Å².